The molecule has 10 aromatic carbocycles. The normalized spacial score (nSPS) is 13.0. The van der Waals surface area contributed by atoms with Crippen LogP contribution >= 0.6 is 0 Å². The summed E-state index contributed by atoms with van der Waals surface area (Å²) in [6.45, 7) is 4.69. The van der Waals surface area contributed by atoms with Crippen molar-refractivity contribution < 1.29 is 0 Å². The number of nitrogens with zero attached hydrogens (tertiary/aromatic N) is 4. The largest absolute Gasteiger partial charge is 0.252 e. The lowest BCUT2D eigenvalue weighted by molar-refractivity contribution is 0.661. The third kappa shape index (κ3) is 5.41. The average Bonchev–Trinajstić information content (AvgIpc) is 3.58. The number of benzene rings is 10. The lowest BCUT2D eigenvalue weighted by atomic mass is 9.81. The maximum atomic E-state index is 5.32. The summed E-state index contributed by atoms with van der Waals surface area (Å²) in [5, 5.41) is 9.29. The zero-order valence-corrected chi connectivity index (χ0v) is 34.8. The van der Waals surface area contributed by atoms with Crippen LogP contribution in [-0.2, 0) is 5.41 Å². The van der Waals surface area contributed by atoms with Crippen molar-refractivity contribution in [2.75, 3.05) is 0 Å². The molecule has 0 radical (unpaired) electrons. The van der Waals surface area contributed by atoms with Gasteiger partial charge in [0, 0.05) is 38.1 Å². The molecule has 63 heavy (non-hydrogen) atoms. The van der Waals surface area contributed by atoms with Crippen molar-refractivity contribution in [1.29, 1.82) is 0 Å². The number of hydrogen-bond donors (Lipinski definition) is 0. The van der Waals surface area contributed by atoms with Crippen molar-refractivity contribution in [3.8, 4) is 55.9 Å². The van der Waals surface area contributed by atoms with E-state index in [4.69, 9.17) is 19.9 Å². The van der Waals surface area contributed by atoms with Gasteiger partial charge in [0.15, 0.2) is 0 Å². The number of hydrogen-bond acceptors (Lipinski definition) is 4. The Balaban J connectivity index is 0.841. The SMILES string of the molecule is CC1(C)c2cc(-c3cccc(-c4cccc(-c5cnc6c7ccccc7c7ccccc7c6n5)c4)c3)ccc2-c2ccc(-c3cnc4c5ccccc5c5ccccc5c4n3)cc21. The van der Waals surface area contributed by atoms with E-state index in [1.54, 1.807) is 0 Å². The van der Waals surface area contributed by atoms with Crippen molar-refractivity contribution >= 4 is 65.2 Å². The van der Waals surface area contributed by atoms with Crippen LogP contribution < -0.4 is 0 Å². The quantitative estimate of drug-likeness (QED) is 0.166. The summed E-state index contributed by atoms with van der Waals surface area (Å²) in [6.07, 6.45) is 3.87. The highest BCUT2D eigenvalue weighted by Crippen LogP contribution is 2.51. The van der Waals surface area contributed by atoms with Crippen molar-refractivity contribution in [3.63, 3.8) is 0 Å². The lowest BCUT2D eigenvalue weighted by Crippen LogP contribution is -2.15. The Morgan fingerprint density at radius 2 is 0.635 bits per heavy atom. The van der Waals surface area contributed by atoms with E-state index in [1.807, 2.05) is 12.4 Å². The van der Waals surface area contributed by atoms with Crippen LogP contribution in [0.1, 0.15) is 25.0 Å². The first kappa shape index (κ1) is 35.7. The summed E-state index contributed by atoms with van der Waals surface area (Å²) in [7, 11) is 0. The van der Waals surface area contributed by atoms with Gasteiger partial charge in [-0.1, -0.05) is 172 Å². The van der Waals surface area contributed by atoms with E-state index in [1.165, 1.54) is 54.9 Å². The summed E-state index contributed by atoms with van der Waals surface area (Å²) in [4.78, 5) is 20.7. The van der Waals surface area contributed by atoms with E-state index >= 15 is 0 Å². The topological polar surface area (TPSA) is 51.6 Å². The first-order valence-corrected chi connectivity index (χ1v) is 21.6. The fraction of sp³-hybridized carbons (Fsp3) is 0.0508. The Hall–Kier alpha value is -8.08. The Bertz CT molecular complexity index is 3830. The molecule has 13 rings (SSSR count). The molecule has 0 saturated heterocycles. The second-order valence-electron chi connectivity index (χ2n) is 17.4. The van der Waals surface area contributed by atoms with E-state index in [0.29, 0.717) is 0 Å². The van der Waals surface area contributed by atoms with Gasteiger partial charge in [-0.05, 0) is 90.3 Å². The Morgan fingerprint density at radius 1 is 0.302 bits per heavy atom. The molecule has 0 saturated carbocycles. The molecular weight excluding hydrogens is 765 g/mol. The molecule has 294 valence electrons. The van der Waals surface area contributed by atoms with Crippen LogP contribution in [0.25, 0.3) is 121 Å². The van der Waals surface area contributed by atoms with Gasteiger partial charge < -0.3 is 0 Å². The van der Waals surface area contributed by atoms with E-state index in [0.717, 1.165) is 77.3 Å². The van der Waals surface area contributed by atoms with Crippen LogP contribution in [0.3, 0.4) is 0 Å². The van der Waals surface area contributed by atoms with Crippen molar-refractivity contribution in [2.24, 2.45) is 0 Å². The highest BCUT2D eigenvalue weighted by atomic mass is 14.8. The summed E-state index contributed by atoms with van der Waals surface area (Å²) < 4.78 is 0. The van der Waals surface area contributed by atoms with Crippen LogP contribution in [-0.4, -0.2) is 19.9 Å². The van der Waals surface area contributed by atoms with Crippen molar-refractivity contribution in [3.05, 3.63) is 206 Å². The summed E-state index contributed by atoms with van der Waals surface area (Å²) in [6, 6.07) is 65.5. The smallest absolute Gasteiger partial charge is 0.0979 e. The second-order valence-corrected chi connectivity index (χ2v) is 17.4. The maximum Gasteiger partial charge on any atom is 0.0979 e. The summed E-state index contributed by atoms with van der Waals surface area (Å²) in [5.41, 5.74) is 17.3. The van der Waals surface area contributed by atoms with Gasteiger partial charge in [0.2, 0.25) is 0 Å². The third-order valence-electron chi connectivity index (χ3n) is 13.5. The summed E-state index contributed by atoms with van der Waals surface area (Å²) in [5.74, 6) is 0. The van der Waals surface area contributed by atoms with Crippen LogP contribution in [0.4, 0.5) is 0 Å². The molecule has 0 spiro atoms. The molecule has 0 amide bonds. The molecule has 1 aliphatic rings. The van der Waals surface area contributed by atoms with Gasteiger partial charge in [-0.3, -0.25) is 9.97 Å². The Morgan fingerprint density at radius 3 is 1.10 bits per heavy atom. The molecule has 0 bridgehead atoms. The monoisotopic (exact) mass is 802 g/mol. The number of fused-ring (bicyclic) bond motifs is 15. The third-order valence-corrected chi connectivity index (χ3v) is 13.5. The molecule has 1 aliphatic carbocycles. The van der Waals surface area contributed by atoms with Gasteiger partial charge in [-0.25, -0.2) is 9.97 Å². The van der Waals surface area contributed by atoms with Gasteiger partial charge in [-0.15, -0.1) is 0 Å². The Labute approximate surface area is 364 Å². The van der Waals surface area contributed by atoms with Gasteiger partial charge in [0.25, 0.3) is 0 Å². The highest BCUT2D eigenvalue weighted by molar-refractivity contribution is 6.24. The standard InChI is InChI=1S/C59H38N4/c1-59(2)51-31-38(25-27-45(51)46-28-26-40(32-52(46)59)54-34-61-56-48-22-8-4-18-42(48)44-20-6-10-24-50(44)58(56)63-54)36-14-11-13-35(29-36)37-15-12-16-39(30-37)53-33-60-55-47-21-7-3-17-41(47)43-19-5-9-23-49(43)57(55)62-53/h3-34H,1-2H3. The molecule has 0 N–H and O–H groups in total. The van der Waals surface area contributed by atoms with E-state index in [9.17, 15) is 0 Å². The molecule has 12 aromatic rings. The van der Waals surface area contributed by atoms with Crippen LogP contribution in [0, 0.1) is 0 Å². The van der Waals surface area contributed by atoms with Gasteiger partial charge in [0.1, 0.15) is 0 Å². The van der Waals surface area contributed by atoms with Crippen molar-refractivity contribution in [2.45, 2.75) is 19.3 Å². The first-order valence-electron chi connectivity index (χ1n) is 21.6. The minimum absolute atomic E-state index is 0.214. The molecule has 0 fully saturated rings. The zero-order valence-electron chi connectivity index (χ0n) is 34.8. The average molecular weight is 803 g/mol. The second kappa shape index (κ2) is 13.5. The Kier molecular flexibility index (Phi) is 7.62. The molecule has 2 heterocycles. The predicted octanol–water partition coefficient (Wildman–Crippen LogP) is 15.2. The number of rotatable bonds is 4. The minimum atomic E-state index is -0.214. The van der Waals surface area contributed by atoms with Gasteiger partial charge >= 0.3 is 0 Å². The molecule has 0 aliphatic heterocycles. The van der Waals surface area contributed by atoms with E-state index in [2.05, 4.69) is 196 Å². The molecule has 2 aromatic heterocycles. The summed E-state index contributed by atoms with van der Waals surface area (Å²) >= 11 is 0. The minimum Gasteiger partial charge on any atom is -0.252 e. The van der Waals surface area contributed by atoms with Gasteiger partial charge in [0.05, 0.1) is 45.8 Å². The maximum absolute atomic E-state index is 5.32. The molecule has 0 unspecified atom stereocenters. The molecule has 4 nitrogen and oxygen atoms in total. The molecule has 0 atom stereocenters. The van der Waals surface area contributed by atoms with Crippen LogP contribution in [0.5, 0.6) is 0 Å². The van der Waals surface area contributed by atoms with Gasteiger partial charge in [-0.2, -0.15) is 0 Å². The fourth-order valence-electron chi connectivity index (χ4n) is 10.3. The molecule has 4 heteroatoms. The van der Waals surface area contributed by atoms with Crippen molar-refractivity contribution in [1.82, 2.24) is 19.9 Å². The van der Waals surface area contributed by atoms with Crippen LogP contribution in [0.2, 0.25) is 0 Å². The van der Waals surface area contributed by atoms with E-state index < -0.39 is 0 Å². The highest BCUT2D eigenvalue weighted by Gasteiger charge is 2.36. The molecular formula is C59H38N4. The number of aromatic nitrogens is 4. The fourth-order valence-corrected chi connectivity index (χ4v) is 10.3. The lowest BCUT2D eigenvalue weighted by Gasteiger charge is -2.22. The van der Waals surface area contributed by atoms with E-state index in [-0.39, 0.29) is 5.41 Å². The van der Waals surface area contributed by atoms with Crippen LogP contribution in [0.15, 0.2) is 194 Å². The zero-order chi connectivity index (χ0) is 41.8. The first-order chi connectivity index (χ1) is 31.0. The predicted molar refractivity (Wildman–Crippen MR) is 262 cm³/mol.